The average Bonchev–Trinajstić information content (AvgIpc) is 2.05. The van der Waals surface area contributed by atoms with Crippen LogP contribution in [0, 0.1) is 0 Å². The Hall–Kier alpha value is -0.960. The van der Waals surface area contributed by atoms with Crippen molar-refractivity contribution in [1.82, 2.24) is 15.0 Å². The first-order chi connectivity index (χ1) is 4.86. The fourth-order valence-corrected chi connectivity index (χ4v) is 0.636. The van der Waals surface area contributed by atoms with E-state index in [1.165, 1.54) is 6.33 Å². The van der Waals surface area contributed by atoms with E-state index in [0.717, 1.165) is 0 Å². The lowest BCUT2D eigenvalue weighted by Crippen LogP contribution is -1.95. The van der Waals surface area contributed by atoms with Crippen molar-refractivity contribution in [1.29, 1.82) is 0 Å². The SMILES string of the molecule is C=Cc1ncnc(CCl)n1. The average molecular weight is 156 g/mol. The van der Waals surface area contributed by atoms with Crippen LogP contribution in [0.5, 0.6) is 0 Å². The molecule has 0 radical (unpaired) electrons. The van der Waals surface area contributed by atoms with E-state index >= 15 is 0 Å². The van der Waals surface area contributed by atoms with Gasteiger partial charge in [-0.05, 0) is 6.08 Å². The van der Waals surface area contributed by atoms with Crippen molar-refractivity contribution in [2.75, 3.05) is 0 Å². The summed E-state index contributed by atoms with van der Waals surface area (Å²) in [6.45, 7) is 3.51. The lowest BCUT2D eigenvalue weighted by atomic mass is 10.5. The van der Waals surface area contributed by atoms with Crippen LogP contribution in [0.4, 0.5) is 0 Å². The van der Waals surface area contributed by atoms with E-state index in [1.807, 2.05) is 0 Å². The molecule has 0 aromatic carbocycles. The minimum Gasteiger partial charge on any atom is -0.220 e. The van der Waals surface area contributed by atoms with Gasteiger partial charge in [0.15, 0.2) is 5.82 Å². The molecule has 0 atom stereocenters. The Labute approximate surface area is 63.8 Å². The van der Waals surface area contributed by atoms with E-state index in [4.69, 9.17) is 11.6 Å². The Morgan fingerprint density at radius 2 is 2.40 bits per heavy atom. The largest absolute Gasteiger partial charge is 0.220 e. The fourth-order valence-electron chi connectivity index (χ4n) is 0.507. The van der Waals surface area contributed by atoms with Gasteiger partial charge >= 0.3 is 0 Å². The summed E-state index contributed by atoms with van der Waals surface area (Å²) in [5.74, 6) is 1.45. The third-order valence-electron chi connectivity index (χ3n) is 0.942. The van der Waals surface area contributed by atoms with Crippen molar-refractivity contribution < 1.29 is 0 Å². The Balaban J connectivity index is 2.98. The van der Waals surface area contributed by atoms with Crippen LogP contribution in [0.2, 0.25) is 0 Å². The molecule has 1 heterocycles. The highest BCUT2D eigenvalue weighted by atomic mass is 35.5. The molecule has 0 unspecified atom stereocenters. The van der Waals surface area contributed by atoms with Crippen LogP contribution in [-0.2, 0) is 5.88 Å². The van der Waals surface area contributed by atoms with E-state index in [9.17, 15) is 0 Å². The molecule has 0 N–H and O–H groups in total. The van der Waals surface area contributed by atoms with Crippen LogP contribution in [0.25, 0.3) is 6.08 Å². The predicted octanol–water partition coefficient (Wildman–Crippen LogP) is 1.25. The standard InChI is InChI=1S/C6H6ClN3/c1-2-5-8-4-9-6(3-7)10-5/h2,4H,1,3H2. The topological polar surface area (TPSA) is 38.7 Å². The van der Waals surface area contributed by atoms with Gasteiger partial charge in [-0.25, -0.2) is 15.0 Å². The summed E-state index contributed by atoms with van der Waals surface area (Å²) >= 11 is 5.47. The Bertz CT molecular complexity index is 236. The number of hydrogen-bond donors (Lipinski definition) is 0. The maximum Gasteiger partial charge on any atom is 0.155 e. The zero-order valence-corrected chi connectivity index (χ0v) is 6.04. The summed E-state index contributed by atoms with van der Waals surface area (Å²) in [5.41, 5.74) is 0. The highest BCUT2D eigenvalue weighted by Crippen LogP contribution is 1.95. The highest BCUT2D eigenvalue weighted by Gasteiger charge is 1.93. The quantitative estimate of drug-likeness (QED) is 0.604. The van der Waals surface area contributed by atoms with Crippen molar-refractivity contribution in [2.45, 2.75) is 5.88 Å². The van der Waals surface area contributed by atoms with Crippen molar-refractivity contribution in [3.63, 3.8) is 0 Å². The number of nitrogens with zero attached hydrogens (tertiary/aromatic N) is 3. The molecule has 1 aromatic rings. The van der Waals surface area contributed by atoms with Crippen LogP contribution in [-0.4, -0.2) is 15.0 Å². The lowest BCUT2D eigenvalue weighted by molar-refractivity contribution is 0.944. The Morgan fingerprint density at radius 3 is 3.00 bits per heavy atom. The van der Waals surface area contributed by atoms with Gasteiger partial charge in [-0.15, -0.1) is 11.6 Å². The molecule has 10 heavy (non-hydrogen) atoms. The van der Waals surface area contributed by atoms with Gasteiger partial charge in [0, 0.05) is 0 Å². The monoisotopic (exact) mass is 155 g/mol. The van der Waals surface area contributed by atoms with Crippen molar-refractivity contribution >= 4 is 17.7 Å². The molecule has 0 spiro atoms. The van der Waals surface area contributed by atoms with Crippen LogP contribution < -0.4 is 0 Å². The molecule has 1 rings (SSSR count). The normalized spacial score (nSPS) is 9.30. The molecule has 0 aliphatic rings. The molecule has 52 valence electrons. The zero-order chi connectivity index (χ0) is 7.40. The van der Waals surface area contributed by atoms with Crippen LogP contribution in [0.1, 0.15) is 11.6 Å². The summed E-state index contributed by atoms with van der Waals surface area (Å²) in [4.78, 5) is 11.5. The van der Waals surface area contributed by atoms with Gasteiger partial charge in [0.25, 0.3) is 0 Å². The van der Waals surface area contributed by atoms with E-state index in [1.54, 1.807) is 6.08 Å². The number of alkyl halides is 1. The van der Waals surface area contributed by atoms with E-state index < -0.39 is 0 Å². The lowest BCUT2D eigenvalue weighted by Gasteiger charge is -1.92. The van der Waals surface area contributed by atoms with E-state index in [2.05, 4.69) is 21.5 Å². The van der Waals surface area contributed by atoms with Gasteiger partial charge in [-0.2, -0.15) is 0 Å². The van der Waals surface area contributed by atoms with Gasteiger partial charge in [-0.1, -0.05) is 6.58 Å². The first-order valence-corrected chi connectivity index (χ1v) is 3.26. The third-order valence-corrected chi connectivity index (χ3v) is 1.18. The number of halogens is 1. The van der Waals surface area contributed by atoms with Gasteiger partial charge in [-0.3, -0.25) is 0 Å². The minimum absolute atomic E-state index is 0.309. The fraction of sp³-hybridized carbons (Fsp3) is 0.167. The maximum atomic E-state index is 5.47. The van der Waals surface area contributed by atoms with Crippen molar-refractivity contribution in [3.05, 3.63) is 24.6 Å². The second-order valence-corrected chi connectivity index (χ2v) is 1.86. The van der Waals surface area contributed by atoms with Gasteiger partial charge in [0.2, 0.25) is 0 Å². The molecule has 0 fully saturated rings. The molecule has 0 saturated carbocycles. The third kappa shape index (κ3) is 1.51. The molecule has 0 aliphatic heterocycles. The summed E-state index contributed by atoms with van der Waals surface area (Å²) in [6, 6.07) is 0. The molecular weight excluding hydrogens is 150 g/mol. The first kappa shape index (κ1) is 7.15. The smallest absolute Gasteiger partial charge is 0.155 e. The van der Waals surface area contributed by atoms with Gasteiger partial charge in [0.1, 0.15) is 12.2 Å². The van der Waals surface area contributed by atoms with E-state index in [-0.39, 0.29) is 0 Å². The highest BCUT2D eigenvalue weighted by molar-refractivity contribution is 6.16. The Kier molecular flexibility index (Phi) is 2.34. The number of hydrogen-bond acceptors (Lipinski definition) is 3. The van der Waals surface area contributed by atoms with E-state index in [0.29, 0.717) is 17.5 Å². The number of rotatable bonds is 2. The van der Waals surface area contributed by atoms with Crippen LogP contribution in [0.15, 0.2) is 12.9 Å². The second-order valence-electron chi connectivity index (χ2n) is 1.60. The maximum absolute atomic E-state index is 5.47. The minimum atomic E-state index is 0.309. The summed E-state index contributed by atoms with van der Waals surface area (Å²) in [5, 5.41) is 0. The zero-order valence-electron chi connectivity index (χ0n) is 5.29. The van der Waals surface area contributed by atoms with Gasteiger partial charge < -0.3 is 0 Å². The number of aromatic nitrogens is 3. The molecule has 0 bridgehead atoms. The second kappa shape index (κ2) is 3.27. The Morgan fingerprint density at radius 1 is 1.60 bits per heavy atom. The summed E-state index contributed by atoms with van der Waals surface area (Å²) < 4.78 is 0. The molecule has 4 heteroatoms. The molecule has 0 aliphatic carbocycles. The summed E-state index contributed by atoms with van der Waals surface area (Å²) in [6.07, 6.45) is 2.97. The van der Waals surface area contributed by atoms with Crippen molar-refractivity contribution in [3.8, 4) is 0 Å². The first-order valence-electron chi connectivity index (χ1n) is 2.73. The van der Waals surface area contributed by atoms with Crippen LogP contribution in [0.3, 0.4) is 0 Å². The molecular formula is C6H6ClN3. The molecule has 0 amide bonds. The predicted molar refractivity (Wildman–Crippen MR) is 39.5 cm³/mol. The molecule has 1 aromatic heterocycles. The molecule has 0 saturated heterocycles. The van der Waals surface area contributed by atoms with Crippen LogP contribution >= 0.6 is 11.6 Å². The summed E-state index contributed by atoms with van der Waals surface area (Å²) in [7, 11) is 0. The van der Waals surface area contributed by atoms with Gasteiger partial charge in [0.05, 0.1) is 5.88 Å². The molecule has 3 nitrogen and oxygen atoms in total. The van der Waals surface area contributed by atoms with Crippen molar-refractivity contribution in [2.24, 2.45) is 0 Å².